The lowest BCUT2D eigenvalue weighted by Crippen LogP contribution is -2.26. The van der Waals surface area contributed by atoms with Crippen LogP contribution in [0, 0.1) is 0 Å². The number of fused-ring (bicyclic) bond motifs is 1. The topological polar surface area (TPSA) is 42.8 Å². The number of hydrogen-bond acceptors (Lipinski definition) is 4. The molecule has 2 aliphatic heterocycles. The van der Waals surface area contributed by atoms with Crippen molar-refractivity contribution in [3.05, 3.63) is 34.9 Å². The minimum absolute atomic E-state index is 0.165. The lowest BCUT2D eigenvalue weighted by molar-refractivity contribution is 0.0434. The molecule has 0 spiro atoms. The summed E-state index contributed by atoms with van der Waals surface area (Å²) in [6.07, 6.45) is 3.05. The van der Waals surface area contributed by atoms with Crippen LogP contribution in [0.25, 0.3) is 0 Å². The van der Waals surface area contributed by atoms with Crippen LogP contribution in [0.1, 0.15) is 28.7 Å². The summed E-state index contributed by atoms with van der Waals surface area (Å²) in [6.45, 7) is 2.31. The predicted octanol–water partition coefficient (Wildman–Crippen LogP) is 1.62. The molecule has 2 heterocycles. The summed E-state index contributed by atoms with van der Waals surface area (Å²) >= 11 is 0. The number of ether oxygens (including phenoxy) is 1. The van der Waals surface area contributed by atoms with Crippen molar-refractivity contribution in [2.24, 2.45) is 5.16 Å². The van der Waals surface area contributed by atoms with Gasteiger partial charge in [-0.25, -0.2) is 0 Å². The van der Waals surface area contributed by atoms with Gasteiger partial charge < -0.3 is 14.9 Å². The van der Waals surface area contributed by atoms with E-state index in [2.05, 4.69) is 28.7 Å². The highest BCUT2D eigenvalue weighted by atomic mass is 16.6. The van der Waals surface area contributed by atoms with E-state index in [9.17, 15) is 0 Å². The van der Waals surface area contributed by atoms with Crippen LogP contribution < -0.4 is 5.32 Å². The highest BCUT2D eigenvalue weighted by Gasteiger charge is 2.26. The fraction of sp³-hybridized carbons (Fsp3) is 0.500. The maximum atomic E-state index is 5.84. The van der Waals surface area contributed by atoms with E-state index in [4.69, 9.17) is 9.57 Å². The number of likely N-dealkylation sites (N-methyl/N-ethyl adjacent to an activating group) is 1. The summed E-state index contributed by atoms with van der Waals surface area (Å²) in [5, 5.41) is 7.07. The highest BCUT2D eigenvalue weighted by molar-refractivity contribution is 5.70. The number of benzene rings is 1. The van der Waals surface area contributed by atoms with Gasteiger partial charge >= 0.3 is 0 Å². The molecule has 0 amide bonds. The summed E-state index contributed by atoms with van der Waals surface area (Å²) in [6, 6.07) is 6.47. The van der Waals surface area contributed by atoms with Crippen molar-refractivity contribution < 1.29 is 9.57 Å². The van der Waals surface area contributed by atoms with Gasteiger partial charge in [-0.15, -0.1) is 0 Å². The summed E-state index contributed by atoms with van der Waals surface area (Å²) in [4.78, 5) is 5.10. The fourth-order valence-electron chi connectivity index (χ4n) is 2.76. The zero-order valence-corrected chi connectivity index (χ0v) is 10.6. The molecule has 18 heavy (non-hydrogen) atoms. The molecule has 1 aromatic carbocycles. The van der Waals surface area contributed by atoms with Gasteiger partial charge in [-0.2, -0.15) is 0 Å². The number of nitrogens with zero attached hydrogens (tertiary/aromatic N) is 1. The normalized spacial score (nSPS) is 25.8. The van der Waals surface area contributed by atoms with Gasteiger partial charge in [0.25, 0.3) is 0 Å². The third kappa shape index (κ3) is 2.02. The van der Waals surface area contributed by atoms with Crippen molar-refractivity contribution in [2.75, 3.05) is 26.8 Å². The zero-order chi connectivity index (χ0) is 12.4. The van der Waals surface area contributed by atoms with Crippen molar-refractivity contribution >= 4 is 6.21 Å². The van der Waals surface area contributed by atoms with Crippen LogP contribution in [0.15, 0.2) is 23.4 Å². The third-order valence-electron chi connectivity index (χ3n) is 3.62. The van der Waals surface area contributed by atoms with E-state index in [0.717, 1.165) is 19.6 Å². The molecule has 2 atom stereocenters. The second kappa shape index (κ2) is 5.08. The number of hydrogen-bond donors (Lipinski definition) is 1. The van der Waals surface area contributed by atoms with Crippen LogP contribution in [-0.4, -0.2) is 33.0 Å². The molecular formula is C14H18N2O2. The molecule has 4 heteroatoms. The van der Waals surface area contributed by atoms with Crippen LogP contribution >= 0.6 is 0 Å². The number of nitrogens with one attached hydrogen (secondary N) is 1. The number of oxime groups is 1. The molecule has 1 N–H and O–H groups in total. The van der Waals surface area contributed by atoms with Gasteiger partial charge in [0.2, 0.25) is 0 Å². The molecular weight excluding hydrogens is 228 g/mol. The van der Waals surface area contributed by atoms with E-state index >= 15 is 0 Å². The van der Waals surface area contributed by atoms with Gasteiger partial charge in [0.15, 0.2) is 0 Å². The molecule has 0 radical (unpaired) electrons. The molecule has 0 bridgehead atoms. The third-order valence-corrected chi connectivity index (χ3v) is 3.62. The molecule has 0 saturated heterocycles. The van der Waals surface area contributed by atoms with E-state index in [1.165, 1.54) is 16.7 Å². The zero-order valence-electron chi connectivity index (χ0n) is 10.6. The van der Waals surface area contributed by atoms with Crippen molar-refractivity contribution in [1.29, 1.82) is 0 Å². The molecule has 0 saturated carbocycles. The summed E-state index contributed by atoms with van der Waals surface area (Å²) in [7, 11) is 1.96. The van der Waals surface area contributed by atoms with E-state index in [-0.39, 0.29) is 6.10 Å². The van der Waals surface area contributed by atoms with Crippen molar-refractivity contribution in [1.82, 2.24) is 5.32 Å². The van der Waals surface area contributed by atoms with Crippen LogP contribution in [0.4, 0.5) is 0 Å². The molecule has 0 fully saturated rings. The standard InChI is InChI=1S/C14H18N2O2/c1-15-8-14-13-4-2-3-11(10-7-16-18-9-10)12(13)5-6-17-14/h2-4,7,10,14-15H,5-6,8-9H2,1H3. The average molecular weight is 246 g/mol. The van der Waals surface area contributed by atoms with Gasteiger partial charge in [0.05, 0.1) is 24.8 Å². The fourth-order valence-corrected chi connectivity index (χ4v) is 2.76. The first-order chi connectivity index (χ1) is 8.90. The second-order valence-corrected chi connectivity index (χ2v) is 4.74. The SMILES string of the molecule is CNCC1OCCc2c(C3C=NOC3)cccc21. The molecule has 1 aromatic rings. The summed E-state index contributed by atoms with van der Waals surface area (Å²) in [5.74, 6) is 0.299. The number of rotatable bonds is 3. The molecule has 2 aliphatic rings. The maximum Gasteiger partial charge on any atom is 0.129 e. The maximum absolute atomic E-state index is 5.84. The molecule has 96 valence electrons. The first-order valence-electron chi connectivity index (χ1n) is 6.43. The Labute approximate surface area is 107 Å². The molecule has 0 aliphatic carbocycles. The Hall–Kier alpha value is -1.39. The Bertz CT molecular complexity index is 459. The van der Waals surface area contributed by atoms with Gasteiger partial charge in [-0.1, -0.05) is 23.4 Å². The average Bonchev–Trinajstić information content (AvgIpc) is 2.93. The van der Waals surface area contributed by atoms with Crippen LogP contribution in [0.2, 0.25) is 0 Å². The molecule has 2 unspecified atom stereocenters. The quantitative estimate of drug-likeness (QED) is 0.881. The lowest BCUT2D eigenvalue weighted by atomic mass is 9.87. The van der Waals surface area contributed by atoms with E-state index < -0.39 is 0 Å². The van der Waals surface area contributed by atoms with E-state index in [1.807, 2.05) is 13.3 Å². The Morgan fingerprint density at radius 2 is 2.28 bits per heavy atom. The van der Waals surface area contributed by atoms with Crippen LogP contribution in [-0.2, 0) is 16.0 Å². The highest BCUT2D eigenvalue weighted by Crippen LogP contribution is 2.33. The predicted molar refractivity (Wildman–Crippen MR) is 70.0 cm³/mol. The van der Waals surface area contributed by atoms with Crippen molar-refractivity contribution in [3.8, 4) is 0 Å². The van der Waals surface area contributed by atoms with E-state index in [0.29, 0.717) is 12.5 Å². The smallest absolute Gasteiger partial charge is 0.129 e. The molecule has 3 rings (SSSR count). The van der Waals surface area contributed by atoms with Crippen LogP contribution in [0.5, 0.6) is 0 Å². The lowest BCUT2D eigenvalue weighted by Gasteiger charge is -2.28. The first kappa shape index (κ1) is 11.7. The summed E-state index contributed by atoms with van der Waals surface area (Å²) in [5.41, 5.74) is 4.08. The monoisotopic (exact) mass is 246 g/mol. The Morgan fingerprint density at radius 3 is 3.06 bits per heavy atom. The van der Waals surface area contributed by atoms with Crippen LogP contribution in [0.3, 0.4) is 0 Å². The molecule has 4 nitrogen and oxygen atoms in total. The van der Waals surface area contributed by atoms with Gasteiger partial charge in [0, 0.05) is 6.54 Å². The van der Waals surface area contributed by atoms with Crippen molar-refractivity contribution in [3.63, 3.8) is 0 Å². The minimum atomic E-state index is 0.165. The largest absolute Gasteiger partial charge is 0.395 e. The molecule has 0 aromatic heterocycles. The van der Waals surface area contributed by atoms with Gasteiger partial charge in [0.1, 0.15) is 6.61 Å². The van der Waals surface area contributed by atoms with Crippen molar-refractivity contribution in [2.45, 2.75) is 18.4 Å². The second-order valence-electron chi connectivity index (χ2n) is 4.74. The Balaban J connectivity index is 1.97. The Morgan fingerprint density at radius 1 is 1.39 bits per heavy atom. The minimum Gasteiger partial charge on any atom is -0.395 e. The summed E-state index contributed by atoms with van der Waals surface area (Å²) < 4.78 is 5.84. The van der Waals surface area contributed by atoms with Gasteiger partial charge in [-0.3, -0.25) is 0 Å². The van der Waals surface area contributed by atoms with Gasteiger partial charge in [-0.05, 0) is 30.2 Å². The van der Waals surface area contributed by atoms with E-state index in [1.54, 1.807) is 0 Å². The Kier molecular flexibility index (Phi) is 3.30. The first-order valence-corrected chi connectivity index (χ1v) is 6.43.